The third-order valence-corrected chi connectivity index (χ3v) is 4.94. The predicted molar refractivity (Wildman–Crippen MR) is 83.4 cm³/mol. The highest BCUT2D eigenvalue weighted by atomic mass is 32.1. The SMILES string of the molecule is N#CCc1c(-c2cccs2)nc2scc(-c3ccco3)n12. The molecule has 6 heteroatoms. The van der Waals surface area contributed by atoms with Gasteiger partial charge in [-0.05, 0) is 23.6 Å². The minimum absolute atomic E-state index is 0.318. The number of imidazole rings is 1. The van der Waals surface area contributed by atoms with Crippen molar-refractivity contribution in [1.82, 2.24) is 9.38 Å². The molecule has 0 atom stereocenters. The normalized spacial score (nSPS) is 11.0. The van der Waals surface area contributed by atoms with Gasteiger partial charge in [-0.1, -0.05) is 6.07 Å². The Morgan fingerprint density at radius 2 is 2.24 bits per heavy atom. The lowest BCUT2D eigenvalue weighted by Gasteiger charge is -2.01. The molecule has 4 rings (SSSR count). The van der Waals surface area contributed by atoms with Crippen molar-refractivity contribution < 1.29 is 4.42 Å². The fraction of sp³-hybridized carbons (Fsp3) is 0.0667. The fourth-order valence-electron chi connectivity index (χ4n) is 2.36. The molecule has 0 aliphatic carbocycles. The van der Waals surface area contributed by atoms with Gasteiger partial charge in [0.25, 0.3) is 0 Å². The quantitative estimate of drug-likeness (QED) is 0.561. The van der Waals surface area contributed by atoms with Gasteiger partial charge in [0.05, 0.1) is 29.3 Å². The molecule has 0 radical (unpaired) electrons. The standard InChI is InChI=1S/C15H9N3OS2/c16-6-5-10-14(13-4-2-8-20-13)17-15-18(10)11(9-21-15)12-3-1-7-19-12/h1-4,7-9H,5H2. The molecule has 0 saturated heterocycles. The van der Waals surface area contributed by atoms with Crippen LogP contribution in [-0.4, -0.2) is 9.38 Å². The van der Waals surface area contributed by atoms with Crippen molar-refractivity contribution in [1.29, 1.82) is 5.26 Å². The van der Waals surface area contributed by atoms with Crippen molar-refractivity contribution in [3.63, 3.8) is 0 Å². The van der Waals surface area contributed by atoms with E-state index in [0.717, 1.165) is 32.7 Å². The largest absolute Gasteiger partial charge is 0.463 e. The summed E-state index contributed by atoms with van der Waals surface area (Å²) in [5.41, 5.74) is 2.76. The summed E-state index contributed by atoms with van der Waals surface area (Å²) in [6, 6.07) is 10.1. The Balaban J connectivity index is 2.01. The molecule has 0 aliphatic heterocycles. The summed E-state index contributed by atoms with van der Waals surface area (Å²) >= 11 is 3.19. The summed E-state index contributed by atoms with van der Waals surface area (Å²) in [6.45, 7) is 0. The first kappa shape index (κ1) is 12.4. The number of hydrogen-bond acceptors (Lipinski definition) is 5. The number of nitrogens with zero attached hydrogens (tertiary/aromatic N) is 3. The Bertz CT molecular complexity index is 924. The summed E-state index contributed by atoms with van der Waals surface area (Å²) in [6.07, 6.45) is 1.97. The highest BCUT2D eigenvalue weighted by Gasteiger charge is 2.20. The molecule has 0 bridgehead atoms. The van der Waals surface area contributed by atoms with Gasteiger partial charge in [0.1, 0.15) is 11.4 Å². The van der Waals surface area contributed by atoms with Crippen LogP contribution in [-0.2, 0) is 6.42 Å². The molecule has 0 aliphatic rings. The minimum atomic E-state index is 0.318. The van der Waals surface area contributed by atoms with Gasteiger partial charge in [-0.25, -0.2) is 4.98 Å². The van der Waals surface area contributed by atoms with E-state index < -0.39 is 0 Å². The molecule has 4 heterocycles. The van der Waals surface area contributed by atoms with Crippen molar-refractivity contribution >= 4 is 27.6 Å². The topological polar surface area (TPSA) is 54.2 Å². The van der Waals surface area contributed by atoms with Crippen LogP contribution in [0, 0.1) is 11.3 Å². The number of fused-ring (bicyclic) bond motifs is 1. The Morgan fingerprint density at radius 1 is 1.29 bits per heavy atom. The molecule has 0 amide bonds. The Kier molecular flexibility index (Phi) is 2.88. The average Bonchev–Trinajstić information content (AvgIpc) is 3.25. The molecule has 0 aromatic carbocycles. The van der Waals surface area contributed by atoms with Gasteiger partial charge in [0.2, 0.25) is 0 Å². The van der Waals surface area contributed by atoms with Gasteiger partial charge in [0.15, 0.2) is 10.7 Å². The van der Waals surface area contributed by atoms with Crippen molar-refractivity contribution in [3.8, 4) is 28.1 Å². The van der Waals surface area contributed by atoms with E-state index >= 15 is 0 Å². The minimum Gasteiger partial charge on any atom is -0.463 e. The van der Waals surface area contributed by atoms with Crippen LogP contribution in [0.2, 0.25) is 0 Å². The second kappa shape index (κ2) is 4.88. The van der Waals surface area contributed by atoms with E-state index in [1.807, 2.05) is 39.4 Å². The van der Waals surface area contributed by atoms with Crippen LogP contribution in [0.4, 0.5) is 0 Å². The molecule has 0 N–H and O–H groups in total. The number of thiophene rings is 1. The highest BCUT2D eigenvalue weighted by molar-refractivity contribution is 7.15. The second-order valence-corrected chi connectivity index (χ2v) is 6.22. The molecule has 0 spiro atoms. The number of hydrogen-bond donors (Lipinski definition) is 0. The molecule has 0 saturated carbocycles. The van der Waals surface area contributed by atoms with Crippen LogP contribution >= 0.6 is 22.7 Å². The van der Waals surface area contributed by atoms with Gasteiger partial charge in [-0.15, -0.1) is 22.7 Å². The molecular formula is C15H9N3OS2. The molecule has 21 heavy (non-hydrogen) atoms. The van der Waals surface area contributed by atoms with Gasteiger partial charge in [-0.3, -0.25) is 4.40 Å². The molecule has 0 unspecified atom stereocenters. The monoisotopic (exact) mass is 311 g/mol. The van der Waals surface area contributed by atoms with Crippen LogP contribution in [0.1, 0.15) is 5.69 Å². The smallest absolute Gasteiger partial charge is 0.195 e. The van der Waals surface area contributed by atoms with E-state index in [9.17, 15) is 5.26 Å². The second-order valence-electron chi connectivity index (χ2n) is 4.44. The third kappa shape index (κ3) is 1.90. The summed E-state index contributed by atoms with van der Waals surface area (Å²) in [5.74, 6) is 0.788. The van der Waals surface area contributed by atoms with Gasteiger partial charge < -0.3 is 4.42 Å². The average molecular weight is 311 g/mol. The lowest BCUT2D eigenvalue weighted by atomic mass is 10.2. The first-order valence-corrected chi connectivity index (χ1v) is 8.08. The zero-order valence-electron chi connectivity index (χ0n) is 10.8. The highest BCUT2D eigenvalue weighted by Crippen LogP contribution is 2.34. The fourth-order valence-corrected chi connectivity index (χ4v) is 3.99. The van der Waals surface area contributed by atoms with E-state index in [2.05, 4.69) is 6.07 Å². The van der Waals surface area contributed by atoms with Crippen LogP contribution in [0.3, 0.4) is 0 Å². The Hall–Kier alpha value is -2.36. The molecule has 4 aromatic heterocycles. The first-order chi connectivity index (χ1) is 10.4. The molecule has 4 nitrogen and oxygen atoms in total. The number of rotatable bonds is 3. The zero-order chi connectivity index (χ0) is 14.2. The number of nitriles is 1. The summed E-state index contributed by atoms with van der Waals surface area (Å²) in [5, 5.41) is 13.2. The van der Waals surface area contributed by atoms with Gasteiger partial charge in [0, 0.05) is 5.38 Å². The van der Waals surface area contributed by atoms with Crippen molar-refractivity contribution in [3.05, 3.63) is 47.0 Å². The lowest BCUT2D eigenvalue weighted by molar-refractivity contribution is 0.579. The number of aromatic nitrogens is 2. The Labute approximate surface area is 128 Å². The van der Waals surface area contributed by atoms with Crippen molar-refractivity contribution in [2.75, 3.05) is 0 Å². The molecular weight excluding hydrogens is 302 g/mol. The van der Waals surface area contributed by atoms with Crippen LogP contribution in [0.15, 0.2) is 45.7 Å². The van der Waals surface area contributed by atoms with E-state index in [-0.39, 0.29) is 0 Å². The molecule has 102 valence electrons. The maximum absolute atomic E-state index is 9.17. The summed E-state index contributed by atoms with van der Waals surface area (Å²) in [4.78, 5) is 6.67. The third-order valence-electron chi connectivity index (χ3n) is 3.23. The summed E-state index contributed by atoms with van der Waals surface area (Å²) < 4.78 is 7.53. The predicted octanol–water partition coefficient (Wildman–Crippen LogP) is 4.45. The van der Waals surface area contributed by atoms with Crippen LogP contribution < -0.4 is 0 Å². The Morgan fingerprint density at radius 3 is 2.95 bits per heavy atom. The molecule has 0 fully saturated rings. The van der Waals surface area contributed by atoms with E-state index in [1.54, 1.807) is 28.9 Å². The maximum Gasteiger partial charge on any atom is 0.195 e. The van der Waals surface area contributed by atoms with Crippen molar-refractivity contribution in [2.24, 2.45) is 0 Å². The van der Waals surface area contributed by atoms with Crippen LogP contribution in [0.5, 0.6) is 0 Å². The zero-order valence-corrected chi connectivity index (χ0v) is 12.4. The van der Waals surface area contributed by atoms with Gasteiger partial charge >= 0.3 is 0 Å². The lowest BCUT2D eigenvalue weighted by Crippen LogP contribution is -1.93. The maximum atomic E-state index is 9.17. The number of thiazole rings is 1. The first-order valence-electron chi connectivity index (χ1n) is 6.32. The van der Waals surface area contributed by atoms with Crippen LogP contribution in [0.25, 0.3) is 27.0 Å². The summed E-state index contributed by atoms with van der Waals surface area (Å²) in [7, 11) is 0. The van der Waals surface area contributed by atoms with Gasteiger partial charge in [-0.2, -0.15) is 5.26 Å². The number of furan rings is 1. The van der Waals surface area contributed by atoms with E-state index in [0.29, 0.717) is 6.42 Å². The molecule has 4 aromatic rings. The van der Waals surface area contributed by atoms with E-state index in [1.165, 1.54) is 0 Å². The van der Waals surface area contributed by atoms with E-state index in [4.69, 9.17) is 9.40 Å². The van der Waals surface area contributed by atoms with Crippen molar-refractivity contribution in [2.45, 2.75) is 6.42 Å².